The standard InChI is InChI=1S/C17H16F2N4/c18-10-3-4-14(19)12(6-10)16-2-1-5-23(16)17-13-7-11(20)8-21-15(13)9-22-17/h3-4,6-8,16H,1-2,5,9,20H2/t16-/m1/s1. The van der Waals surface area contributed by atoms with Crippen LogP contribution >= 0.6 is 0 Å². The maximum atomic E-state index is 14.2. The van der Waals surface area contributed by atoms with Crippen LogP contribution in [0.2, 0.25) is 0 Å². The Bertz CT molecular complexity index is 803. The lowest BCUT2D eigenvalue weighted by molar-refractivity contribution is 0.386. The summed E-state index contributed by atoms with van der Waals surface area (Å²) in [6.07, 6.45) is 3.29. The number of nitrogens with two attached hydrogens (primary N) is 1. The first-order valence-electron chi connectivity index (χ1n) is 7.64. The molecule has 1 saturated heterocycles. The fourth-order valence-electron chi connectivity index (χ4n) is 3.42. The van der Waals surface area contributed by atoms with Gasteiger partial charge in [-0.2, -0.15) is 0 Å². The number of amidine groups is 1. The summed E-state index contributed by atoms with van der Waals surface area (Å²) in [5.41, 5.74) is 8.57. The smallest absolute Gasteiger partial charge is 0.133 e. The minimum Gasteiger partial charge on any atom is -0.397 e. The Morgan fingerprint density at radius 1 is 1.22 bits per heavy atom. The van der Waals surface area contributed by atoms with Gasteiger partial charge in [-0.15, -0.1) is 0 Å². The Morgan fingerprint density at radius 3 is 2.96 bits per heavy atom. The first kappa shape index (κ1) is 14.1. The monoisotopic (exact) mass is 314 g/mol. The van der Waals surface area contributed by atoms with Crippen molar-refractivity contribution in [1.82, 2.24) is 9.88 Å². The molecule has 1 aromatic heterocycles. The quantitative estimate of drug-likeness (QED) is 0.880. The van der Waals surface area contributed by atoms with E-state index >= 15 is 0 Å². The van der Waals surface area contributed by atoms with Crippen molar-refractivity contribution < 1.29 is 8.78 Å². The zero-order valence-electron chi connectivity index (χ0n) is 12.5. The number of anilines is 1. The molecule has 0 bridgehead atoms. The van der Waals surface area contributed by atoms with Gasteiger partial charge in [0.15, 0.2) is 0 Å². The summed E-state index contributed by atoms with van der Waals surface area (Å²) in [7, 11) is 0. The molecule has 0 radical (unpaired) electrons. The van der Waals surface area contributed by atoms with E-state index in [1.165, 1.54) is 12.1 Å². The molecule has 1 fully saturated rings. The van der Waals surface area contributed by atoms with Crippen molar-refractivity contribution in [1.29, 1.82) is 0 Å². The maximum Gasteiger partial charge on any atom is 0.133 e. The van der Waals surface area contributed by atoms with Crippen molar-refractivity contribution >= 4 is 11.5 Å². The summed E-state index contributed by atoms with van der Waals surface area (Å²) in [6, 6.07) is 5.26. The Balaban J connectivity index is 1.73. The summed E-state index contributed by atoms with van der Waals surface area (Å²) in [5, 5.41) is 0. The largest absolute Gasteiger partial charge is 0.397 e. The number of rotatable bonds is 1. The van der Waals surface area contributed by atoms with Crippen molar-refractivity contribution in [3.63, 3.8) is 0 Å². The van der Waals surface area contributed by atoms with E-state index in [-0.39, 0.29) is 11.9 Å². The average molecular weight is 314 g/mol. The second kappa shape index (κ2) is 5.30. The molecule has 2 aromatic rings. The van der Waals surface area contributed by atoms with Crippen LogP contribution in [0, 0.1) is 11.6 Å². The van der Waals surface area contributed by atoms with Crippen LogP contribution in [0.4, 0.5) is 14.5 Å². The molecular formula is C17H16F2N4. The predicted molar refractivity (Wildman–Crippen MR) is 83.9 cm³/mol. The van der Waals surface area contributed by atoms with Crippen LogP contribution in [0.5, 0.6) is 0 Å². The van der Waals surface area contributed by atoms with Gasteiger partial charge < -0.3 is 10.6 Å². The molecule has 1 atom stereocenters. The number of nitrogen functional groups attached to an aromatic ring is 1. The van der Waals surface area contributed by atoms with Crippen LogP contribution in [0.15, 0.2) is 35.5 Å². The van der Waals surface area contributed by atoms with E-state index in [9.17, 15) is 8.78 Å². The van der Waals surface area contributed by atoms with E-state index in [0.717, 1.165) is 42.5 Å². The molecular weight excluding hydrogens is 298 g/mol. The van der Waals surface area contributed by atoms with Crippen LogP contribution in [0.3, 0.4) is 0 Å². The molecule has 0 amide bonds. The Hall–Kier alpha value is -2.50. The Labute approximate surface area is 132 Å². The first-order valence-corrected chi connectivity index (χ1v) is 7.64. The highest BCUT2D eigenvalue weighted by atomic mass is 19.1. The highest BCUT2D eigenvalue weighted by Gasteiger charge is 2.34. The number of pyridine rings is 1. The summed E-state index contributed by atoms with van der Waals surface area (Å²) in [4.78, 5) is 10.9. The SMILES string of the molecule is Nc1cnc2c(c1)C(N1CCC[C@@H]1c1cc(F)ccc1F)=NC2. The molecule has 4 rings (SSSR count). The van der Waals surface area contributed by atoms with Gasteiger partial charge in [0.2, 0.25) is 0 Å². The molecule has 118 valence electrons. The van der Waals surface area contributed by atoms with Gasteiger partial charge in [0.05, 0.1) is 30.2 Å². The number of likely N-dealkylation sites (tertiary alicyclic amines) is 1. The summed E-state index contributed by atoms with van der Waals surface area (Å²) in [6.45, 7) is 1.26. The molecule has 1 aromatic carbocycles. The molecule has 0 aliphatic carbocycles. The number of hydrogen-bond donors (Lipinski definition) is 1. The molecule has 2 aliphatic rings. The lowest BCUT2D eigenvalue weighted by Crippen LogP contribution is -2.31. The normalized spacial score (nSPS) is 19.8. The van der Waals surface area contributed by atoms with Gasteiger partial charge in [-0.1, -0.05) is 0 Å². The molecule has 4 nitrogen and oxygen atoms in total. The van der Waals surface area contributed by atoms with Crippen molar-refractivity contribution in [2.24, 2.45) is 4.99 Å². The number of benzene rings is 1. The Kier molecular flexibility index (Phi) is 3.25. The van der Waals surface area contributed by atoms with Crippen LogP contribution in [-0.4, -0.2) is 22.3 Å². The van der Waals surface area contributed by atoms with Crippen LogP contribution in [-0.2, 0) is 6.54 Å². The average Bonchev–Trinajstić information content (AvgIpc) is 3.15. The number of aromatic nitrogens is 1. The second-order valence-electron chi connectivity index (χ2n) is 5.92. The van der Waals surface area contributed by atoms with Gasteiger partial charge in [-0.3, -0.25) is 9.98 Å². The molecule has 6 heteroatoms. The van der Waals surface area contributed by atoms with Gasteiger partial charge in [-0.05, 0) is 37.1 Å². The number of hydrogen-bond acceptors (Lipinski definition) is 4. The van der Waals surface area contributed by atoms with E-state index < -0.39 is 5.82 Å². The lowest BCUT2D eigenvalue weighted by Gasteiger charge is -2.27. The molecule has 2 N–H and O–H groups in total. The van der Waals surface area contributed by atoms with Crippen molar-refractivity contribution in [3.05, 3.63) is 58.9 Å². The first-order chi connectivity index (χ1) is 11.1. The van der Waals surface area contributed by atoms with Crippen LogP contribution < -0.4 is 5.73 Å². The zero-order valence-corrected chi connectivity index (χ0v) is 12.5. The van der Waals surface area contributed by atoms with E-state index in [0.29, 0.717) is 17.8 Å². The zero-order chi connectivity index (χ0) is 16.0. The van der Waals surface area contributed by atoms with Gasteiger partial charge in [0.25, 0.3) is 0 Å². The van der Waals surface area contributed by atoms with Crippen LogP contribution in [0.25, 0.3) is 0 Å². The molecule has 3 heterocycles. The van der Waals surface area contributed by atoms with Gasteiger partial charge >= 0.3 is 0 Å². The van der Waals surface area contributed by atoms with Gasteiger partial charge in [0, 0.05) is 17.7 Å². The third kappa shape index (κ3) is 2.34. The number of aliphatic imine (C=N–C) groups is 1. The fourth-order valence-corrected chi connectivity index (χ4v) is 3.42. The van der Waals surface area contributed by atoms with Crippen molar-refractivity contribution in [2.75, 3.05) is 12.3 Å². The minimum atomic E-state index is -0.423. The molecule has 2 aliphatic heterocycles. The highest BCUT2D eigenvalue weighted by Crippen LogP contribution is 2.36. The van der Waals surface area contributed by atoms with E-state index in [2.05, 4.69) is 9.98 Å². The van der Waals surface area contributed by atoms with Crippen LogP contribution in [0.1, 0.15) is 35.7 Å². The van der Waals surface area contributed by atoms with Gasteiger partial charge in [0.1, 0.15) is 17.5 Å². The van der Waals surface area contributed by atoms with Crippen molar-refractivity contribution in [2.45, 2.75) is 25.4 Å². The summed E-state index contributed by atoms with van der Waals surface area (Å²) >= 11 is 0. The van der Waals surface area contributed by atoms with Gasteiger partial charge in [-0.25, -0.2) is 8.78 Å². The third-order valence-corrected chi connectivity index (χ3v) is 4.45. The predicted octanol–water partition coefficient (Wildman–Crippen LogP) is 3.04. The number of nitrogens with zero attached hydrogens (tertiary/aromatic N) is 3. The molecule has 0 unspecified atom stereocenters. The highest BCUT2D eigenvalue weighted by molar-refractivity contribution is 6.02. The summed E-state index contributed by atoms with van der Waals surface area (Å²) in [5.74, 6) is -0.0216. The Morgan fingerprint density at radius 2 is 2.09 bits per heavy atom. The fraction of sp³-hybridized carbons (Fsp3) is 0.294. The van der Waals surface area contributed by atoms with E-state index in [1.54, 1.807) is 6.20 Å². The lowest BCUT2D eigenvalue weighted by atomic mass is 10.0. The van der Waals surface area contributed by atoms with E-state index in [4.69, 9.17) is 5.73 Å². The maximum absolute atomic E-state index is 14.2. The second-order valence-corrected chi connectivity index (χ2v) is 5.92. The molecule has 23 heavy (non-hydrogen) atoms. The number of fused-ring (bicyclic) bond motifs is 1. The van der Waals surface area contributed by atoms with E-state index in [1.807, 2.05) is 11.0 Å². The molecule has 0 spiro atoms. The van der Waals surface area contributed by atoms with Crippen molar-refractivity contribution in [3.8, 4) is 0 Å². The third-order valence-electron chi connectivity index (χ3n) is 4.45. The summed E-state index contributed by atoms with van der Waals surface area (Å²) < 4.78 is 27.7. The minimum absolute atomic E-state index is 0.211. The topological polar surface area (TPSA) is 54.5 Å². The number of halogens is 2. The molecule has 0 saturated carbocycles.